The molecular formula is C21H27N4O7S2V2Y-3. The number of amides is 2. The molecule has 201 valence electrons. The van der Waals surface area contributed by atoms with Crippen molar-refractivity contribution < 1.29 is 104 Å². The molecular weight excluding hydrogens is 675 g/mol. The number of ketones is 1. The van der Waals surface area contributed by atoms with Gasteiger partial charge >= 0.3 is 11.9 Å². The van der Waals surface area contributed by atoms with Gasteiger partial charge in [0, 0.05) is 100 Å². The summed E-state index contributed by atoms with van der Waals surface area (Å²) < 4.78 is 0. The first-order valence-electron chi connectivity index (χ1n) is 9.46. The SMILES string of the molecule is [CH2-]NC(CCC(=O)CN1C(=O)C=CC1=O)C(=O)O.[CH2-]NC(CSSc1ccccn1)C(=O)O.[CH3-].[V].[V].[Y]. The Bertz CT molecular complexity index is 868. The Kier molecular flexibility index (Phi) is 28.9. The van der Waals surface area contributed by atoms with Crippen LogP contribution in [-0.2, 0) is 93.8 Å². The topological polar surface area (TPSA) is 166 Å². The molecule has 2 amide bonds. The fraction of sp³-hybridized carbons (Fsp3) is 0.286. The molecule has 0 bridgehead atoms. The number of imide groups is 1. The normalized spacial score (nSPS) is 12.9. The molecule has 2 unspecified atom stereocenters. The number of nitrogens with zero attached hydrogens (tertiary/aromatic N) is 2. The van der Waals surface area contributed by atoms with Crippen LogP contribution in [0.15, 0.2) is 41.6 Å². The van der Waals surface area contributed by atoms with Gasteiger partial charge in [-0.3, -0.25) is 43.0 Å². The maximum Gasteiger partial charge on any atom is 0.319 e. The molecule has 37 heavy (non-hydrogen) atoms. The molecule has 0 saturated carbocycles. The van der Waals surface area contributed by atoms with Gasteiger partial charge in [0.05, 0.1) is 18.6 Å². The van der Waals surface area contributed by atoms with Crippen molar-refractivity contribution in [2.24, 2.45) is 0 Å². The summed E-state index contributed by atoms with van der Waals surface area (Å²) in [6.07, 6.45) is 3.90. The van der Waals surface area contributed by atoms with Crippen molar-refractivity contribution in [3.05, 3.63) is 58.1 Å². The van der Waals surface area contributed by atoms with Gasteiger partial charge < -0.3 is 28.3 Å². The van der Waals surface area contributed by atoms with E-state index in [0.717, 1.165) is 22.1 Å². The van der Waals surface area contributed by atoms with Crippen molar-refractivity contribution in [3.63, 3.8) is 0 Å². The molecule has 4 N–H and O–H groups in total. The van der Waals surface area contributed by atoms with Crippen molar-refractivity contribution in [2.45, 2.75) is 30.0 Å². The van der Waals surface area contributed by atoms with E-state index in [9.17, 15) is 24.0 Å². The molecule has 0 spiro atoms. The van der Waals surface area contributed by atoms with E-state index in [2.05, 4.69) is 29.7 Å². The molecule has 2 rings (SSSR count). The average molecular weight is 702 g/mol. The van der Waals surface area contributed by atoms with E-state index in [1.165, 1.54) is 21.6 Å². The first-order chi connectivity index (χ1) is 15.7. The van der Waals surface area contributed by atoms with E-state index in [-0.39, 0.29) is 102 Å². The third-order valence-corrected chi connectivity index (χ3v) is 6.33. The summed E-state index contributed by atoms with van der Waals surface area (Å²) >= 11 is 0. The number of aliphatic carboxylic acids is 2. The summed E-state index contributed by atoms with van der Waals surface area (Å²) in [6.45, 7) is -0.325. The summed E-state index contributed by atoms with van der Waals surface area (Å²) in [5.41, 5.74) is 0. The van der Waals surface area contributed by atoms with E-state index < -0.39 is 35.8 Å². The molecule has 1 aliphatic rings. The Morgan fingerprint density at radius 1 is 1.00 bits per heavy atom. The monoisotopic (exact) mass is 702 g/mol. The van der Waals surface area contributed by atoms with Crippen LogP contribution < -0.4 is 10.6 Å². The second-order valence-corrected chi connectivity index (χ2v) is 8.76. The van der Waals surface area contributed by atoms with Crippen LogP contribution in [-0.4, -0.2) is 74.0 Å². The zero-order chi connectivity index (χ0) is 24.8. The zero-order valence-electron chi connectivity index (χ0n) is 20.0. The van der Waals surface area contributed by atoms with Crippen LogP contribution in [0.3, 0.4) is 0 Å². The Labute approximate surface area is 273 Å². The van der Waals surface area contributed by atoms with Crippen LogP contribution in [0.5, 0.6) is 0 Å². The van der Waals surface area contributed by atoms with Gasteiger partial charge in [0.2, 0.25) is 0 Å². The fourth-order valence-corrected chi connectivity index (χ4v) is 4.33. The molecule has 1 aliphatic heterocycles. The van der Waals surface area contributed by atoms with Crippen molar-refractivity contribution >= 4 is 51.1 Å². The molecule has 2 atom stereocenters. The minimum atomic E-state index is -1.10. The number of carboxylic acid groups (broad SMARTS) is 2. The van der Waals surface area contributed by atoms with E-state index in [4.69, 9.17) is 10.2 Å². The number of hydrogen-bond acceptors (Lipinski definition) is 10. The maximum atomic E-state index is 11.5. The summed E-state index contributed by atoms with van der Waals surface area (Å²) in [5, 5.41) is 23.1. The van der Waals surface area contributed by atoms with Crippen LogP contribution in [0.25, 0.3) is 0 Å². The number of carbonyl (C=O) groups is 5. The number of carboxylic acids is 2. The zero-order valence-corrected chi connectivity index (χ0v) is 27.2. The smallest absolute Gasteiger partial charge is 0.319 e. The molecule has 3 radical (unpaired) electrons. The van der Waals surface area contributed by atoms with Gasteiger partial charge in [-0.25, -0.2) is 4.98 Å². The van der Waals surface area contributed by atoms with Crippen LogP contribution >= 0.6 is 21.6 Å². The predicted octanol–water partition coefficient (Wildman–Crippen LogP) is 1.19. The van der Waals surface area contributed by atoms with Crippen LogP contribution in [0, 0.1) is 21.5 Å². The van der Waals surface area contributed by atoms with E-state index in [0.29, 0.717) is 5.75 Å². The molecule has 16 heteroatoms. The second kappa shape index (κ2) is 24.6. The Balaban J connectivity index is -0.000000269. The van der Waals surface area contributed by atoms with Crippen LogP contribution in [0.2, 0.25) is 0 Å². The van der Waals surface area contributed by atoms with E-state index in [1.54, 1.807) is 6.20 Å². The number of aromatic nitrogens is 1. The fourth-order valence-electron chi connectivity index (χ4n) is 2.24. The van der Waals surface area contributed by atoms with Crippen LogP contribution in [0.4, 0.5) is 0 Å². The molecule has 11 nitrogen and oxygen atoms in total. The molecule has 0 fully saturated rings. The number of hydrogen-bond donors (Lipinski definition) is 4. The second-order valence-electron chi connectivity index (χ2n) is 6.40. The third-order valence-electron chi connectivity index (χ3n) is 4.05. The van der Waals surface area contributed by atoms with Crippen molar-refractivity contribution in [3.8, 4) is 0 Å². The predicted molar refractivity (Wildman–Crippen MR) is 129 cm³/mol. The van der Waals surface area contributed by atoms with Crippen molar-refractivity contribution in [2.75, 3.05) is 12.3 Å². The molecule has 2 heterocycles. The minimum Gasteiger partial charge on any atom is -0.480 e. The largest absolute Gasteiger partial charge is 0.480 e. The van der Waals surface area contributed by atoms with E-state index in [1.807, 2.05) is 18.2 Å². The number of Topliss-reactive ketones (excluding diaryl/α,β-unsaturated/α-hetero) is 1. The summed E-state index contributed by atoms with van der Waals surface area (Å²) in [7, 11) is 9.50. The molecule has 1 aromatic heterocycles. The van der Waals surface area contributed by atoms with Gasteiger partial charge in [0.15, 0.2) is 5.78 Å². The van der Waals surface area contributed by atoms with Crippen molar-refractivity contribution in [1.29, 1.82) is 0 Å². The standard InChI is InChI=1S/C11H13N2O5.C9H11N2O2S2.CH3.2V.Y/c1-12-8(11(17)18)3-2-7(14)6-13-9(15)4-5-10(13)16;1-10-7(9(12)13)6-14-15-8-4-2-3-5-11-8;;;;/h4-5,8,12H,1-3,6H2,(H,17,18);2-5,7,10H,1,6H2,(H,12,13);1H3;;;/q3*-1;;;. The summed E-state index contributed by atoms with van der Waals surface area (Å²) in [6, 6.07) is 4.07. The molecule has 0 aliphatic carbocycles. The summed E-state index contributed by atoms with van der Waals surface area (Å²) in [4.78, 5) is 60.1. The third kappa shape index (κ3) is 17.7. The minimum absolute atomic E-state index is 0. The number of carbonyl (C=O) groups excluding carboxylic acids is 3. The van der Waals surface area contributed by atoms with Gasteiger partial charge in [0.25, 0.3) is 11.8 Å². The first-order valence-corrected chi connectivity index (χ1v) is 11.8. The van der Waals surface area contributed by atoms with Gasteiger partial charge in [-0.15, -0.1) is 0 Å². The van der Waals surface area contributed by atoms with Gasteiger partial charge in [-0.1, -0.05) is 16.9 Å². The van der Waals surface area contributed by atoms with Gasteiger partial charge in [0.1, 0.15) is 5.03 Å². The molecule has 0 saturated heterocycles. The Hall–Kier alpha value is -0.467. The van der Waals surface area contributed by atoms with E-state index >= 15 is 0 Å². The number of rotatable bonds is 13. The Morgan fingerprint density at radius 2 is 1.54 bits per heavy atom. The molecule has 1 aromatic rings. The van der Waals surface area contributed by atoms with Crippen molar-refractivity contribution in [1.82, 2.24) is 20.5 Å². The summed E-state index contributed by atoms with van der Waals surface area (Å²) in [5.74, 6) is -2.98. The first kappa shape index (κ1) is 43.6. The average Bonchev–Trinajstić information content (AvgIpc) is 3.10. The van der Waals surface area contributed by atoms with Crippen LogP contribution in [0.1, 0.15) is 12.8 Å². The van der Waals surface area contributed by atoms with Gasteiger partial charge in [-0.05, 0) is 29.3 Å². The number of pyridine rings is 1. The van der Waals surface area contributed by atoms with Gasteiger partial charge in [-0.2, -0.15) is 0 Å². The Morgan fingerprint density at radius 3 is 1.97 bits per heavy atom. The molecule has 0 aromatic carbocycles. The quantitative estimate of drug-likeness (QED) is 0.132. The number of nitrogens with one attached hydrogen (secondary N) is 2. The maximum absolute atomic E-state index is 11.5.